The summed E-state index contributed by atoms with van der Waals surface area (Å²) < 4.78 is 2.10. The Bertz CT molecular complexity index is 386. The highest BCUT2D eigenvalue weighted by atomic mass is 15.3. The standard InChI is InChI=1S/C12H19N3/c1-9-11-10(15(2)14-9)4-3-5-12(11)6-7-13-8-12/h13H,3-8H2,1-2H3. The van der Waals surface area contributed by atoms with Gasteiger partial charge in [0.2, 0.25) is 0 Å². The van der Waals surface area contributed by atoms with E-state index in [1.165, 1.54) is 43.6 Å². The van der Waals surface area contributed by atoms with Crippen molar-refractivity contribution in [3.63, 3.8) is 0 Å². The molecule has 1 aromatic rings. The van der Waals surface area contributed by atoms with E-state index in [0.717, 1.165) is 6.54 Å². The van der Waals surface area contributed by atoms with Crippen LogP contribution < -0.4 is 5.32 Å². The minimum atomic E-state index is 0.423. The number of hydrogen-bond donors (Lipinski definition) is 1. The van der Waals surface area contributed by atoms with E-state index in [1.54, 1.807) is 5.56 Å². The molecule has 0 amide bonds. The smallest absolute Gasteiger partial charge is 0.0634 e. The van der Waals surface area contributed by atoms with Crippen molar-refractivity contribution < 1.29 is 0 Å². The zero-order valence-electron chi connectivity index (χ0n) is 9.64. The molecular weight excluding hydrogens is 186 g/mol. The van der Waals surface area contributed by atoms with Gasteiger partial charge in [0, 0.05) is 30.3 Å². The molecule has 3 nitrogen and oxygen atoms in total. The molecule has 1 atom stereocenters. The van der Waals surface area contributed by atoms with Crippen LogP contribution in [-0.2, 0) is 18.9 Å². The van der Waals surface area contributed by atoms with Gasteiger partial charge in [0.1, 0.15) is 0 Å². The lowest BCUT2D eigenvalue weighted by Crippen LogP contribution is -2.33. The number of aromatic nitrogens is 2. The van der Waals surface area contributed by atoms with Crippen LogP contribution in [0.5, 0.6) is 0 Å². The molecule has 2 heterocycles. The lowest BCUT2D eigenvalue weighted by atomic mass is 9.70. The van der Waals surface area contributed by atoms with E-state index in [2.05, 4.69) is 29.1 Å². The second-order valence-electron chi connectivity index (χ2n) is 5.09. The summed E-state index contributed by atoms with van der Waals surface area (Å²) >= 11 is 0. The van der Waals surface area contributed by atoms with Crippen molar-refractivity contribution in [2.24, 2.45) is 7.05 Å². The number of hydrogen-bond acceptors (Lipinski definition) is 2. The van der Waals surface area contributed by atoms with Gasteiger partial charge in [-0.2, -0.15) is 5.10 Å². The van der Waals surface area contributed by atoms with E-state index in [0.29, 0.717) is 5.41 Å². The van der Waals surface area contributed by atoms with Gasteiger partial charge in [-0.3, -0.25) is 4.68 Å². The molecule has 0 saturated carbocycles. The Morgan fingerprint density at radius 2 is 2.27 bits per heavy atom. The fraction of sp³-hybridized carbons (Fsp3) is 0.750. The first kappa shape index (κ1) is 9.40. The molecule has 1 saturated heterocycles. The van der Waals surface area contributed by atoms with Gasteiger partial charge >= 0.3 is 0 Å². The topological polar surface area (TPSA) is 29.9 Å². The number of aryl methyl sites for hydroxylation is 2. The average molecular weight is 205 g/mol. The normalized spacial score (nSPS) is 29.7. The maximum Gasteiger partial charge on any atom is 0.0634 e. The SMILES string of the molecule is Cc1nn(C)c2c1C1(CCC2)CCNC1. The van der Waals surface area contributed by atoms with E-state index < -0.39 is 0 Å². The molecule has 1 spiro atoms. The maximum atomic E-state index is 4.60. The van der Waals surface area contributed by atoms with Crippen LogP contribution in [0.15, 0.2) is 0 Å². The Labute approximate surface area is 90.9 Å². The summed E-state index contributed by atoms with van der Waals surface area (Å²) in [6.45, 7) is 4.50. The van der Waals surface area contributed by atoms with Crippen LogP contribution in [0.2, 0.25) is 0 Å². The zero-order valence-corrected chi connectivity index (χ0v) is 9.64. The Morgan fingerprint density at radius 3 is 3.00 bits per heavy atom. The molecule has 0 aromatic carbocycles. The first-order valence-corrected chi connectivity index (χ1v) is 5.97. The highest BCUT2D eigenvalue weighted by Gasteiger charge is 2.41. The van der Waals surface area contributed by atoms with Gasteiger partial charge in [0.15, 0.2) is 0 Å². The van der Waals surface area contributed by atoms with Gasteiger partial charge in [0.25, 0.3) is 0 Å². The molecule has 1 aliphatic heterocycles. The van der Waals surface area contributed by atoms with Crippen LogP contribution in [0, 0.1) is 6.92 Å². The summed E-state index contributed by atoms with van der Waals surface area (Å²) in [5.41, 5.74) is 4.74. The zero-order chi connectivity index (χ0) is 10.5. The van der Waals surface area contributed by atoms with Crippen LogP contribution in [0.1, 0.15) is 36.2 Å². The third-order valence-electron chi connectivity index (χ3n) is 4.18. The maximum absolute atomic E-state index is 4.60. The van der Waals surface area contributed by atoms with Crippen LogP contribution in [0.25, 0.3) is 0 Å². The number of rotatable bonds is 0. The average Bonchev–Trinajstić information content (AvgIpc) is 2.76. The molecule has 3 heteroatoms. The van der Waals surface area contributed by atoms with Crippen LogP contribution in [-0.4, -0.2) is 22.9 Å². The lowest BCUT2D eigenvalue weighted by molar-refractivity contribution is 0.386. The first-order valence-electron chi connectivity index (χ1n) is 5.97. The van der Waals surface area contributed by atoms with Crippen molar-refractivity contribution >= 4 is 0 Å². The van der Waals surface area contributed by atoms with Crippen molar-refractivity contribution in [2.45, 2.75) is 38.0 Å². The Kier molecular flexibility index (Phi) is 1.93. The van der Waals surface area contributed by atoms with Crippen LogP contribution >= 0.6 is 0 Å². The van der Waals surface area contributed by atoms with E-state index in [4.69, 9.17) is 0 Å². The van der Waals surface area contributed by atoms with Crippen molar-refractivity contribution in [2.75, 3.05) is 13.1 Å². The Morgan fingerprint density at radius 1 is 1.40 bits per heavy atom. The molecule has 15 heavy (non-hydrogen) atoms. The molecule has 1 unspecified atom stereocenters. The van der Waals surface area contributed by atoms with Gasteiger partial charge < -0.3 is 5.32 Å². The summed E-state index contributed by atoms with van der Waals surface area (Å²) in [6, 6.07) is 0. The van der Waals surface area contributed by atoms with Gasteiger partial charge in [-0.05, 0) is 39.2 Å². The van der Waals surface area contributed by atoms with Crippen molar-refractivity contribution in [1.29, 1.82) is 0 Å². The highest BCUT2D eigenvalue weighted by molar-refractivity contribution is 5.38. The molecule has 1 fully saturated rings. The predicted molar refractivity (Wildman–Crippen MR) is 60.0 cm³/mol. The summed E-state index contributed by atoms with van der Waals surface area (Å²) in [7, 11) is 2.09. The second kappa shape index (κ2) is 3.08. The van der Waals surface area contributed by atoms with Crippen molar-refractivity contribution in [3.8, 4) is 0 Å². The molecule has 1 N–H and O–H groups in total. The third-order valence-corrected chi connectivity index (χ3v) is 4.18. The summed E-state index contributed by atoms with van der Waals surface area (Å²) in [5.74, 6) is 0. The largest absolute Gasteiger partial charge is 0.316 e. The quantitative estimate of drug-likeness (QED) is 0.692. The predicted octanol–water partition coefficient (Wildman–Crippen LogP) is 1.30. The highest BCUT2D eigenvalue weighted by Crippen LogP contribution is 2.42. The van der Waals surface area contributed by atoms with Gasteiger partial charge in [-0.25, -0.2) is 0 Å². The van der Waals surface area contributed by atoms with Gasteiger partial charge in [-0.15, -0.1) is 0 Å². The summed E-state index contributed by atoms with van der Waals surface area (Å²) in [6.07, 6.45) is 5.19. The fourth-order valence-corrected chi connectivity index (χ4v) is 3.57. The molecule has 82 valence electrons. The molecular formula is C12H19N3. The fourth-order valence-electron chi connectivity index (χ4n) is 3.57. The van der Waals surface area contributed by atoms with E-state index in [9.17, 15) is 0 Å². The van der Waals surface area contributed by atoms with Crippen molar-refractivity contribution in [1.82, 2.24) is 15.1 Å². The molecule has 1 aliphatic carbocycles. The number of nitrogens with one attached hydrogen (secondary N) is 1. The molecule has 1 aromatic heterocycles. The third kappa shape index (κ3) is 1.19. The minimum Gasteiger partial charge on any atom is -0.316 e. The Balaban J connectivity index is 2.17. The first-order chi connectivity index (χ1) is 7.23. The van der Waals surface area contributed by atoms with Crippen molar-refractivity contribution in [3.05, 3.63) is 17.0 Å². The van der Waals surface area contributed by atoms with Gasteiger partial charge in [-0.1, -0.05) is 0 Å². The number of nitrogens with zero attached hydrogens (tertiary/aromatic N) is 2. The monoisotopic (exact) mass is 205 g/mol. The summed E-state index contributed by atoms with van der Waals surface area (Å²) in [4.78, 5) is 0. The molecule has 3 rings (SSSR count). The Hall–Kier alpha value is -0.830. The molecule has 2 aliphatic rings. The van der Waals surface area contributed by atoms with Gasteiger partial charge in [0.05, 0.1) is 5.69 Å². The van der Waals surface area contributed by atoms with E-state index >= 15 is 0 Å². The second-order valence-corrected chi connectivity index (χ2v) is 5.09. The minimum absolute atomic E-state index is 0.423. The van der Waals surface area contributed by atoms with E-state index in [1.807, 2.05) is 0 Å². The molecule has 0 bridgehead atoms. The summed E-state index contributed by atoms with van der Waals surface area (Å²) in [5, 5.41) is 8.12. The van der Waals surface area contributed by atoms with Crippen LogP contribution in [0.3, 0.4) is 0 Å². The molecule has 0 radical (unpaired) electrons. The lowest BCUT2D eigenvalue weighted by Gasteiger charge is -2.33. The van der Waals surface area contributed by atoms with E-state index in [-0.39, 0.29) is 0 Å². The number of fused-ring (bicyclic) bond motifs is 2. The van der Waals surface area contributed by atoms with Crippen LogP contribution in [0.4, 0.5) is 0 Å².